The van der Waals surface area contributed by atoms with Crippen LogP contribution in [0.25, 0.3) is 0 Å². The Morgan fingerprint density at radius 2 is 2.00 bits per heavy atom. The molecule has 0 aromatic heterocycles. The van der Waals surface area contributed by atoms with E-state index in [4.69, 9.17) is 14.0 Å². The van der Waals surface area contributed by atoms with E-state index in [-0.39, 0.29) is 13.2 Å². The van der Waals surface area contributed by atoms with Gasteiger partial charge >= 0.3 is 10.4 Å². The predicted octanol–water partition coefficient (Wildman–Crippen LogP) is 0.935. The summed E-state index contributed by atoms with van der Waals surface area (Å²) in [7, 11) is -1.35. The predicted molar refractivity (Wildman–Crippen MR) is 65.5 cm³/mol. The maximum Gasteiger partial charge on any atom is 0.397 e. The van der Waals surface area contributed by atoms with Crippen LogP contribution in [0, 0.1) is 0 Å². The number of hydrogen-bond donors (Lipinski definition) is 2. The van der Waals surface area contributed by atoms with Gasteiger partial charge in [-0.15, -0.1) is 0 Å². The fourth-order valence-electron chi connectivity index (χ4n) is 1.28. The Balaban J connectivity index is 2.60. The van der Waals surface area contributed by atoms with Crippen molar-refractivity contribution in [2.45, 2.75) is 0 Å². The first-order chi connectivity index (χ1) is 8.46. The minimum absolute atomic E-state index is 0.184. The molecule has 1 aromatic carbocycles. The Morgan fingerprint density at radius 1 is 1.28 bits per heavy atom. The van der Waals surface area contributed by atoms with Crippen molar-refractivity contribution in [1.82, 2.24) is 0 Å². The van der Waals surface area contributed by atoms with Crippen molar-refractivity contribution < 1.29 is 26.6 Å². The summed E-state index contributed by atoms with van der Waals surface area (Å²) in [5, 5.41) is 2.91. The number of benzene rings is 1. The lowest BCUT2D eigenvalue weighted by molar-refractivity contribution is 0.278. The van der Waals surface area contributed by atoms with Crippen molar-refractivity contribution >= 4 is 16.1 Å². The van der Waals surface area contributed by atoms with Gasteiger partial charge in [0, 0.05) is 12.6 Å². The van der Waals surface area contributed by atoms with Crippen LogP contribution in [0.1, 0.15) is 0 Å². The molecule has 18 heavy (non-hydrogen) atoms. The summed E-state index contributed by atoms with van der Waals surface area (Å²) in [5.74, 6) is 1.22. The summed E-state index contributed by atoms with van der Waals surface area (Å²) >= 11 is 0. The van der Waals surface area contributed by atoms with Crippen LogP contribution in [-0.2, 0) is 14.6 Å². The van der Waals surface area contributed by atoms with Crippen LogP contribution in [0.3, 0.4) is 0 Å². The molecule has 0 spiro atoms. The van der Waals surface area contributed by atoms with Crippen molar-refractivity contribution in [3.05, 3.63) is 18.2 Å². The molecule has 1 rings (SSSR count). The number of nitrogens with one attached hydrogen (secondary N) is 1. The molecular formula is C10H15NO6S. The van der Waals surface area contributed by atoms with Crippen molar-refractivity contribution in [2.75, 3.05) is 32.7 Å². The van der Waals surface area contributed by atoms with E-state index in [0.717, 1.165) is 0 Å². The van der Waals surface area contributed by atoms with Crippen LogP contribution in [0.5, 0.6) is 11.5 Å². The molecule has 0 atom stereocenters. The number of hydrogen-bond acceptors (Lipinski definition) is 6. The van der Waals surface area contributed by atoms with Gasteiger partial charge in [-0.2, -0.15) is 8.42 Å². The number of rotatable bonds is 7. The van der Waals surface area contributed by atoms with Crippen LogP contribution in [0.15, 0.2) is 18.2 Å². The van der Waals surface area contributed by atoms with E-state index >= 15 is 0 Å². The average molecular weight is 277 g/mol. The summed E-state index contributed by atoms with van der Waals surface area (Å²) in [6.07, 6.45) is 0. The Morgan fingerprint density at radius 3 is 2.56 bits per heavy atom. The Kier molecular flexibility index (Phi) is 5.20. The van der Waals surface area contributed by atoms with E-state index in [0.29, 0.717) is 17.2 Å². The van der Waals surface area contributed by atoms with E-state index in [1.165, 1.54) is 14.2 Å². The van der Waals surface area contributed by atoms with Gasteiger partial charge in [0.1, 0.15) is 11.5 Å². The summed E-state index contributed by atoms with van der Waals surface area (Å²) < 4.78 is 43.4. The van der Waals surface area contributed by atoms with Crippen LogP contribution in [0.2, 0.25) is 0 Å². The first-order valence-corrected chi connectivity index (χ1v) is 6.40. The maximum atomic E-state index is 10.3. The Labute approximate surface area is 106 Å². The molecule has 0 aliphatic rings. The number of anilines is 1. The molecule has 0 amide bonds. The molecule has 0 fully saturated rings. The maximum absolute atomic E-state index is 10.3. The third kappa shape index (κ3) is 4.78. The summed E-state index contributed by atoms with van der Waals surface area (Å²) in [4.78, 5) is 0. The zero-order valence-electron chi connectivity index (χ0n) is 10.0. The monoisotopic (exact) mass is 277 g/mol. The van der Waals surface area contributed by atoms with Gasteiger partial charge in [0.25, 0.3) is 0 Å². The number of ether oxygens (including phenoxy) is 2. The molecule has 0 heterocycles. The Hall–Kier alpha value is -1.51. The molecule has 0 unspecified atom stereocenters. The van der Waals surface area contributed by atoms with E-state index in [2.05, 4.69) is 9.50 Å². The van der Waals surface area contributed by atoms with Gasteiger partial charge in [-0.1, -0.05) is 0 Å². The van der Waals surface area contributed by atoms with Crippen LogP contribution in [0.4, 0.5) is 5.69 Å². The molecule has 7 nitrogen and oxygen atoms in total. The van der Waals surface area contributed by atoms with Crippen molar-refractivity contribution in [1.29, 1.82) is 0 Å². The lowest BCUT2D eigenvalue weighted by Crippen LogP contribution is -2.13. The van der Waals surface area contributed by atoms with Gasteiger partial charge in [-0.05, 0) is 12.1 Å². The minimum atomic E-state index is -4.40. The van der Waals surface area contributed by atoms with Crippen molar-refractivity contribution in [3.63, 3.8) is 0 Å². The molecule has 0 saturated heterocycles. The third-order valence-corrected chi connectivity index (χ3v) is 2.52. The minimum Gasteiger partial charge on any atom is -0.497 e. The molecule has 2 N–H and O–H groups in total. The highest BCUT2D eigenvalue weighted by molar-refractivity contribution is 7.80. The van der Waals surface area contributed by atoms with Gasteiger partial charge in [0.05, 0.1) is 26.5 Å². The quantitative estimate of drug-likeness (QED) is 0.565. The molecule has 0 bridgehead atoms. The normalized spacial score (nSPS) is 11.1. The second-order valence-electron chi connectivity index (χ2n) is 3.24. The SMILES string of the molecule is COc1ccc(OC)c(NCCOS(=O)(=O)O)c1. The molecular weight excluding hydrogens is 262 g/mol. The zero-order chi connectivity index (χ0) is 13.6. The van der Waals surface area contributed by atoms with Crippen LogP contribution in [-0.4, -0.2) is 40.3 Å². The molecule has 8 heteroatoms. The highest BCUT2D eigenvalue weighted by Crippen LogP contribution is 2.28. The second-order valence-corrected chi connectivity index (χ2v) is 4.33. The van der Waals surface area contributed by atoms with Crippen LogP contribution >= 0.6 is 0 Å². The largest absolute Gasteiger partial charge is 0.497 e. The number of methoxy groups -OCH3 is 2. The van der Waals surface area contributed by atoms with Gasteiger partial charge < -0.3 is 14.8 Å². The topological polar surface area (TPSA) is 94.1 Å². The molecule has 0 saturated carbocycles. The fraction of sp³-hybridized carbons (Fsp3) is 0.400. The molecule has 0 aliphatic carbocycles. The summed E-state index contributed by atoms with van der Waals surface area (Å²) in [6, 6.07) is 5.15. The first kappa shape index (κ1) is 14.6. The van der Waals surface area contributed by atoms with E-state index in [1.807, 2.05) is 0 Å². The Bertz CT molecular complexity index is 487. The standard InChI is InChI=1S/C10H15NO6S/c1-15-8-3-4-10(16-2)9(7-8)11-5-6-17-18(12,13)14/h3-4,7,11H,5-6H2,1-2H3,(H,12,13,14). The molecule has 1 aromatic rings. The van der Waals surface area contributed by atoms with Gasteiger partial charge in [0.2, 0.25) is 0 Å². The summed E-state index contributed by atoms with van der Waals surface area (Å²) in [6.45, 7) is -0.0114. The average Bonchev–Trinajstić information content (AvgIpc) is 2.33. The third-order valence-electron chi connectivity index (χ3n) is 2.06. The lowest BCUT2D eigenvalue weighted by Gasteiger charge is -2.12. The van der Waals surface area contributed by atoms with E-state index in [9.17, 15) is 8.42 Å². The van der Waals surface area contributed by atoms with Crippen molar-refractivity contribution in [3.8, 4) is 11.5 Å². The smallest absolute Gasteiger partial charge is 0.397 e. The second kappa shape index (κ2) is 6.43. The molecule has 0 aliphatic heterocycles. The highest BCUT2D eigenvalue weighted by Gasteiger charge is 2.06. The first-order valence-electron chi connectivity index (χ1n) is 5.04. The summed E-state index contributed by atoms with van der Waals surface area (Å²) in [5.41, 5.74) is 0.635. The molecule has 102 valence electrons. The fourth-order valence-corrected chi connectivity index (χ4v) is 1.58. The highest BCUT2D eigenvalue weighted by atomic mass is 32.3. The van der Waals surface area contributed by atoms with Crippen LogP contribution < -0.4 is 14.8 Å². The molecule has 0 radical (unpaired) electrons. The van der Waals surface area contributed by atoms with Gasteiger partial charge in [-0.25, -0.2) is 4.18 Å². The van der Waals surface area contributed by atoms with Gasteiger partial charge in [-0.3, -0.25) is 4.55 Å². The van der Waals surface area contributed by atoms with Gasteiger partial charge in [0.15, 0.2) is 0 Å². The van der Waals surface area contributed by atoms with E-state index in [1.54, 1.807) is 18.2 Å². The van der Waals surface area contributed by atoms with E-state index < -0.39 is 10.4 Å². The lowest BCUT2D eigenvalue weighted by atomic mass is 10.2. The zero-order valence-corrected chi connectivity index (χ0v) is 10.9. The van der Waals surface area contributed by atoms with Crippen molar-refractivity contribution in [2.24, 2.45) is 0 Å².